The van der Waals surface area contributed by atoms with Gasteiger partial charge in [0, 0.05) is 21.7 Å². The van der Waals surface area contributed by atoms with Gasteiger partial charge in [-0.3, -0.25) is 0 Å². The normalized spacial score (nSPS) is 11.2. The molecular weight excluding hydrogens is 412 g/mol. The summed E-state index contributed by atoms with van der Waals surface area (Å²) in [6.45, 7) is -0.518. The molecule has 0 unspecified atom stereocenters. The number of hydrogen-bond donors (Lipinski definition) is 2. The SMILES string of the molecule is COc1cc(-c2ncnc3c2ccc2c3ccc3[nH]cnc32)cc(OC)c1OCC(=O)O. The van der Waals surface area contributed by atoms with Crippen LogP contribution in [-0.4, -0.2) is 51.8 Å². The van der Waals surface area contributed by atoms with E-state index in [-0.39, 0.29) is 5.75 Å². The Balaban J connectivity index is 1.72. The Morgan fingerprint density at radius 2 is 1.62 bits per heavy atom. The van der Waals surface area contributed by atoms with E-state index in [2.05, 4.69) is 19.9 Å². The van der Waals surface area contributed by atoms with Crippen LogP contribution in [-0.2, 0) is 4.79 Å². The zero-order chi connectivity index (χ0) is 22.2. The van der Waals surface area contributed by atoms with Crippen LogP contribution in [0, 0.1) is 0 Å². The lowest BCUT2D eigenvalue weighted by Gasteiger charge is -2.16. The number of fused-ring (bicyclic) bond motifs is 5. The maximum Gasteiger partial charge on any atom is 0.341 e. The summed E-state index contributed by atoms with van der Waals surface area (Å²) in [6, 6.07) is 11.4. The minimum absolute atomic E-state index is 0.214. The standard InChI is InChI=1S/C23H18N4O5/c1-30-17-7-12(8-18(31-2)23(17)32-9-19(28)29)20-15-4-3-14-13(21(15)26-11-25-20)5-6-16-22(14)27-10-24-16/h3-8,10-11H,9H2,1-2H3,(H,24,27)(H,28,29). The molecule has 5 aromatic rings. The number of imidazole rings is 1. The van der Waals surface area contributed by atoms with Gasteiger partial charge in [-0.05, 0) is 30.3 Å². The number of rotatable bonds is 6. The van der Waals surface area contributed by atoms with Crippen LogP contribution in [0.4, 0.5) is 0 Å². The van der Waals surface area contributed by atoms with Crippen molar-refractivity contribution in [1.82, 2.24) is 19.9 Å². The first-order chi connectivity index (χ1) is 15.6. The van der Waals surface area contributed by atoms with Crippen molar-refractivity contribution >= 4 is 38.7 Å². The Morgan fingerprint density at radius 1 is 0.938 bits per heavy atom. The highest BCUT2D eigenvalue weighted by Crippen LogP contribution is 2.42. The number of aliphatic carboxylic acids is 1. The average molecular weight is 430 g/mol. The molecule has 2 heterocycles. The quantitative estimate of drug-likeness (QED) is 0.390. The first kappa shape index (κ1) is 19.6. The van der Waals surface area contributed by atoms with Crippen LogP contribution in [0.1, 0.15) is 0 Å². The molecule has 0 aliphatic carbocycles. The van der Waals surface area contributed by atoms with Crippen LogP contribution >= 0.6 is 0 Å². The van der Waals surface area contributed by atoms with E-state index in [4.69, 9.17) is 19.3 Å². The number of H-pyrrole nitrogens is 1. The van der Waals surface area contributed by atoms with Gasteiger partial charge in [0.15, 0.2) is 18.1 Å². The van der Waals surface area contributed by atoms with Crippen LogP contribution in [0.25, 0.3) is 44.0 Å². The van der Waals surface area contributed by atoms with Crippen molar-refractivity contribution in [2.75, 3.05) is 20.8 Å². The molecule has 0 aliphatic heterocycles. The largest absolute Gasteiger partial charge is 0.493 e. The summed E-state index contributed by atoms with van der Waals surface area (Å²) in [5.41, 5.74) is 4.03. The highest BCUT2D eigenvalue weighted by Gasteiger charge is 2.19. The van der Waals surface area contributed by atoms with Crippen LogP contribution in [0.3, 0.4) is 0 Å². The van der Waals surface area contributed by atoms with Crippen molar-refractivity contribution in [3.05, 3.63) is 49.1 Å². The highest BCUT2D eigenvalue weighted by molar-refractivity contribution is 6.16. The second-order valence-corrected chi connectivity index (χ2v) is 7.04. The predicted octanol–water partition coefficient (Wildman–Crippen LogP) is 3.81. The summed E-state index contributed by atoms with van der Waals surface area (Å²) in [6.07, 6.45) is 3.19. The average Bonchev–Trinajstić information content (AvgIpc) is 3.30. The van der Waals surface area contributed by atoms with Crippen molar-refractivity contribution < 1.29 is 24.1 Å². The van der Waals surface area contributed by atoms with Crippen LogP contribution in [0.5, 0.6) is 17.2 Å². The van der Waals surface area contributed by atoms with Crippen molar-refractivity contribution in [3.63, 3.8) is 0 Å². The van der Waals surface area contributed by atoms with E-state index in [0.717, 1.165) is 32.7 Å². The Labute approximate surface area is 181 Å². The van der Waals surface area contributed by atoms with Gasteiger partial charge in [-0.2, -0.15) is 0 Å². The number of aromatic amines is 1. The van der Waals surface area contributed by atoms with Gasteiger partial charge in [-0.15, -0.1) is 0 Å². The van der Waals surface area contributed by atoms with E-state index in [9.17, 15) is 4.79 Å². The summed E-state index contributed by atoms with van der Waals surface area (Å²) in [5, 5.41) is 11.8. The number of aromatic nitrogens is 4. The van der Waals surface area contributed by atoms with Crippen molar-refractivity contribution in [2.45, 2.75) is 0 Å². The van der Waals surface area contributed by atoms with E-state index in [1.54, 1.807) is 18.5 Å². The molecule has 0 spiro atoms. The van der Waals surface area contributed by atoms with Gasteiger partial charge in [0.25, 0.3) is 0 Å². The van der Waals surface area contributed by atoms with Gasteiger partial charge < -0.3 is 24.3 Å². The molecule has 9 heteroatoms. The zero-order valence-corrected chi connectivity index (χ0v) is 17.2. The molecule has 2 aromatic heterocycles. The number of ether oxygens (including phenoxy) is 3. The van der Waals surface area contributed by atoms with Crippen molar-refractivity contribution in [3.8, 4) is 28.5 Å². The lowest BCUT2D eigenvalue weighted by molar-refractivity contribution is -0.139. The summed E-state index contributed by atoms with van der Waals surface area (Å²) in [4.78, 5) is 27.6. The number of benzene rings is 3. The molecule has 32 heavy (non-hydrogen) atoms. The lowest BCUT2D eigenvalue weighted by atomic mass is 10.0. The third-order valence-electron chi connectivity index (χ3n) is 5.26. The molecule has 0 saturated carbocycles. The molecule has 2 N–H and O–H groups in total. The summed E-state index contributed by atoms with van der Waals surface area (Å²) < 4.78 is 16.3. The molecule has 0 saturated heterocycles. The number of nitrogens with one attached hydrogen (secondary N) is 1. The number of carboxylic acid groups (broad SMARTS) is 1. The maximum atomic E-state index is 10.9. The topological polar surface area (TPSA) is 119 Å². The van der Waals surface area contributed by atoms with E-state index < -0.39 is 12.6 Å². The number of nitrogens with zero attached hydrogens (tertiary/aromatic N) is 3. The molecular formula is C23H18N4O5. The number of hydrogen-bond acceptors (Lipinski definition) is 7. The molecule has 0 atom stereocenters. The monoisotopic (exact) mass is 430 g/mol. The molecule has 0 fully saturated rings. The van der Waals surface area contributed by atoms with Gasteiger partial charge in [0.2, 0.25) is 5.75 Å². The second kappa shape index (κ2) is 7.69. The summed E-state index contributed by atoms with van der Waals surface area (Å²) >= 11 is 0. The molecule has 160 valence electrons. The van der Waals surface area contributed by atoms with E-state index in [1.807, 2.05) is 24.3 Å². The second-order valence-electron chi connectivity index (χ2n) is 7.04. The van der Waals surface area contributed by atoms with Gasteiger partial charge in [-0.1, -0.05) is 6.07 Å². The predicted molar refractivity (Wildman–Crippen MR) is 118 cm³/mol. The highest BCUT2D eigenvalue weighted by atomic mass is 16.5. The van der Waals surface area contributed by atoms with E-state index >= 15 is 0 Å². The van der Waals surface area contributed by atoms with E-state index in [0.29, 0.717) is 22.8 Å². The van der Waals surface area contributed by atoms with Crippen LogP contribution in [0.15, 0.2) is 49.1 Å². The van der Waals surface area contributed by atoms with Crippen LogP contribution < -0.4 is 14.2 Å². The Bertz CT molecular complexity index is 1470. The fraction of sp³-hybridized carbons (Fsp3) is 0.130. The Morgan fingerprint density at radius 3 is 2.34 bits per heavy atom. The molecule has 5 rings (SSSR count). The van der Waals surface area contributed by atoms with Gasteiger partial charge in [0.05, 0.1) is 42.8 Å². The Kier molecular flexibility index (Phi) is 4.70. The zero-order valence-electron chi connectivity index (χ0n) is 17.2. The van der Waals surface area contributed by atoms with Gasteiger partial charge in [-0.25, -0.2) is 19.7 Å². The molecule has 9 nitrogen and oxygen atoms in total. The molecule has 0 radical (unpaired) electrons. The molecule has 0 bridgehead atoms. The van der Waals surface area contributed by atoms with Crippen molar-refractivity contribution in [1.29, 1.82) is 0 Å². The fourth-order valence-electron chi connectivity index (χ4n) is 3.86. The first-order valence-corrected chi connectivity index (χ1v) is 9.71. The maximum absolute atomic E-state index is 10.9. The van der Waals surface area contributed by atoms with Crippen LogP contribution in [0.2, 0.25) is 0 Å². The number of methoxy groups -OCH3 is 2. The smallest absolute Gasteiger partial charge is 0.341 e. The third kappa shape index (κ3) is 3.11. The molecule has 0 aliphatic rings. The van der Waals surface area contributed by atoms with Crippen molar-refractivity contribution in [2.24, 2.45) is 0 Å². The minimum atomic E-state index is -1.10. The number of carbonyl (C=O) groups is 1. The molecule has 3 aromatic carbocycles. The Hall–Kier alpha value is -4.40. The summed E-state index contributed by atoms with van der Waals surface area (Å²) in [5.74, 6) is -0.207. The first-order valence-electron chi connectivity index (χ1n) is 9.71. The lowest BCUT2D eigenvalue weighted by Crippen LogP contribution is -2.11. The minimum Gasteiger partial charge on any atom is -0.493 e. The van der Waals surface area contributed by atoms with E-state index in [1.165, 1.54) is 20.5 Å². The number of carboxylic acids is 1. The fourth-order valence-corrected chi connectivity index (χ4v) is 3.86. The third-order valence-corrected chi connectivity index (χ3v) is 5.26. The van der Waals surface area contributed by atoms with Gasteiger partial charge >= 0.3 is 5.97 Å². The summed E-state index contributed by atoms with van der Waals surface area (Å²) in [7, 11) is 2.96. The van der Waals surface area contributed by atoms with Gasteiger partial charge in [0.1, 0.15) is 6.33 Å². The molecule has 0 amide bonds.